The van der Waals surface area contributed by atoms with E-state index in [1.165, 1.54) is 0 Å². The summed E-state index contributed by atoms with van der Waals surface area (Å²) in [5.74, 6) is -0.430. The van der Waals surface area contributed by atoms with Gasteiger partial charge in [-0.1, -0.05) is 12.1 Å². The number of esters is 1. The lowest BCUT2D eigenvalue weighted by Crippen LogP contribution is -2.47. The molecule has 0 aliphatic heterocycles. The Morgan fingerprint density at radius 1 is 1.19 bits per heavy atom. The minimum Gasteiger partial charge on any atom is -0.497 e. The maximum atomic E-state index is 12.2. The fraction of sp³-hybridized carbons (Fsp3) is 0.526. The van der Waals surface area contributed by atoms with E-state index in [0.29, 0.717) is 5.75 Å². The molecule has 1 aromatic carbocycles. The van der Waals surface area contributed by atoms with E-state index in [2.05, 4.69) is 10.6 Å². The first-order valence-corrected chi connectivity index (χ1v) is 8.70. The minimum absolute atomic E-state index is 0.194. The largest absolute Gasteiger partial charge is 0.497 e. The van der Waals surface area contributed by atoms with Crippen LogP contribution in [0, 0.1) is 0 Å². The average Bonchev–Trinajstić information content (AvgIpc) is 2.58. The van der Waals surface area contributed by atoms with Crippen LogP contribution in [0.4, 0.5) is 4.79 Å². The lowest BCUT2D eigenvalue weighted by atomic mass is 10.1. The van der Waals surface area contributed by atoms with Crippen LogP contribution in [0.2, 0.25) is 0 Å². The average molecular weight is 380 g/mol. The van der Waals surface area contributed by atoms with E-state index in [-0.39, 0.29) is 19.6 Å². The van der Waals surface area contributed by atoms with Gasteiger partial charge >= 0.3 is 12.1 Å². The van der Waals surface area contributed by atoms with Gasteiger partial charge in [-0.3, -0.25) is 4.79 Å². The number of hydrogen-bond donors (Lipinski definition) is 2. The first-order valence-electron chi connectivity index (χ1n) is 8.70. The number of amides is 2. The molecule has 1 rings (SSSR count). The molecular weight excluding hydrogens is 352 g/mol. The van der Waals surface area contributed by atoms with Crippen molar-refractivity contribution in [1.29, 1.82) is 0 Å². The predicted molar refractivity (Wildman–Crippen MR) is 99.5 cm³/mol. The van der Waals surface area contributed by atoms with Crippen LogP contribution in [0.25, 0.3) is 0 Å². The Bertz CT molecular complexity index is 654. The van der Waals surface area contributed by atoms with Crippen molar-refractivity contribution < 1.29 is 28.6 Å². The monoisotopic (exact) mass is 380 g/mol. The molecule has 27 heavy (non-hydrogen) atoms. The summed E-state index contributed by atoms with van der Waals surface area (Å²) >= 11 is 0. The third-order valence-electron chi connectivity index (χ3n) is 3.27. The Kier molecular flexibility index (Phi) is 8.58. The highest BCUT2D eigenvalue weighted by Crippen LogP contribution is 2.14. The van der Waals surface area contributed by atoms with E-state index in [1.54, 1.807) is 53.0 Å². The molecular formula is C19H28N2O6. The van der Waals surface area contributed by atoms with Crippen molar-refractivity contribution in [2.24, 2.45) is 0 Å². The zero-order valence-electron chi connectivity index (χ0n) is 16.5. The number of alkyl carbamates (subject to hydrolysis) is 1. The van der Waals surface area contributed by atoms with Crippen LogP contribution in [0.3, 0.4) is 0 Å². The smallest absolute Gasteiger partial charge is 0.408 e. The van der Waals surface area contributed by atoms with Gasteiger partial charge in [-0.2, -0.15) is 0 Å². The zero-order chi connectivity index (χ0) is 20.4. The van der Waals surface area contributed by atoms with Gasteiger partial charge in [0.2, 0.25) is 5.91 Å². The van der Waals surface area contributed by atoms with E-state index in [1.807, 2.05) is 6.07 Å². The van der Waals surface area contributed by atoms with Gasteiger partial charge in [-0.25, -0.2) is 9.59 Å². The summed E-state index contributed by atoms with van der Waals surface area (Å²) < 4.78 is 15.3. The van der Waals surface area contributed by atoms with Crippen molar-refractivity contribution in [1.82, 2.24) is 10.6 Å². The lowest BCUT2D eigenvalue weighted by molar-refractivity contribution is -0.147. The summed E-state index contributed by atoms with van der Waals surface area (Å²) in [6.45, 7) is 6.72. The molecule has 0 aliphatic rings. The van der Waals surface area contributed by atoms with Gasteiger partial charge in [0.1, 0.15) is 23.9 Å². The van der Waals surface area contributed by atoms with Crippen molar-refractivity contribution in [3.63, 3.8) is 0 Å². The Labute approximate surface area is 159 Å². The molecule has 0 saturated heterocycles. The molecule has 0 aliphatic carbocycles. The van der Waals surface area contributed by atoms with Crippen molar-refractivity contribution in [3.8, 4) is 5.75 Å². The number of ether oxygens (including phenoxy) is 3. The van der Waals surface area contributed by atoms with Crippen molar-refractivity contribution in [2.75, 3.05) is 20.3 Å². The summed E-state index contributed by atoms with van der Waals surface area (Å²) in [4.78, 5) is 35.9. The van der Waals surface area contributed by atoms with Crippen LogP contribution in [0.15, 0.2) is 24.3 Å². The fourth-order valence-corrected chi connectivity index (χ4v) is 2.18. The molecule has 0 saturated carbocycles. The maximum absolute atomic E-state index is 12.2. The van der Waals surface area contributed by atoms with Crippen LogP contribution in [0.1, 0.15) is 33.3 Å². The lowest BCUT2D eigenvalue weighted by Gasteiger charge is -2.20. The Balaban J connectivity index is 2.69. The van der Waals surface area contributed by atoms with Crippen LogP contribution in [-0.2, 0) is 25.5 Å². The summed E-state index contributed by atoms with van der Waals surface area (Å²) in [6, 6.07) is 6.29. The molecule has 1 unspecified atom stereocenters. The highest BCUT2D eigenvalue weighted by molar-refractivity contribution is 5.87. The van der Waals surface area contributed by atoms with Crippen LogP contribution >= 0.6 is 0 Å². The molecule has 150 valence electrons. The van der Waals surface area contributed by atoms with Crippen LogP contribution in [-0.4, -0.2) is 49.9 Å². The first kappa shape index (κ1) is 22.3. The number of carbonyl (C=O) groups excluding carboxylic acids is 3. The Morgan fingerprint density at radius 2 is 1.89 bits per heavy atom. The molecule has 0 bridgehead atoms. The van der Waals surface area contributed by atoms with Gasteiger partial charge in [0.05, 0.1) is 13.7 Å². The van der Waals surface area contributed by atoms with E-state index < -0.39 is 29.6 Å². The topological polar surface area (TPSA) is 103 Å². The molecule has 1 aromatic rings. The number of nitrogens with one attached hydrogen (secondary N) is 2. The van der Waals surface area contributed by atoms with E-state index in [9.17, 15) is 14.4 Å². The number of carbonyl (C=O) groups is 3. The summed E-state index contributed by atoms with van der Waals surface area (Å²) in [6.07, 6.45) is -0.480. The molecule has 2 amide bonds. The SMILES string of the molecule is CCOC(=O)C(Cc1cccc(OC)c1)NC(=O)CNC(=O)OC(C)(C)C. The number of methoxy groups -OCH3 is 1. The molecule has 0 spiro atoms. The summed E-state index contributed by atoms with van der Waals surface area (Å²) in [5.41, 5.74) is 0.133. The third-order valence-corrected chi connectivity index (χ3v) is 3.27. The van der Waals surface area contributed by atoms with Gasteiger partial charge in [0, 0.05) is 6.42 Å². The second kappa shape index (κ2) is 10.4. The quantitative estimate of drug-likeness (QED) is 0.667. The van der Waals surface area contributed by atoms with Gasteiger partial charge < -0.3 is 24.8 Å². The molecule has 2 N–H and O–H groups in total. The summed E-state index contributed by atoms with van der Waals surface area (Å²) in [5, 5.41) is 4.93. The van der Waals surface area contributed by atoms with Crippen molar-refractivity contribution in [2.45, 2.75) is 45.8 Å². The highest BCUT2D eigenvalue weighted by Gasteiger charge is 2.23. The second-order valence-electron chi connectivity index (χ2n) is 6.78. The Morgan fingerprint density at radius 3 is 2.48 bits per heavy atom. The molecule has 0 heterocycles. The number of rotatable bonds is 8. The predicted octanol–water partition coefficient (Wildman–Crippen LogP) is 1.81. The van der Waals surface area contributed by atoms with Crippen LogP contribution < -0.4 is 15.4 Å². The molecule has 0 radical (unpaired) electrons. The zero-order valence-corrected chi connectivity index (χ0v) is 16.5. The molecule has 1 atom stereocenters. The Hall–Kier alpha value is -2.77. The maximum Gasteiger partial charge on any atom is 0.408 e. The van der Waals surface area contributed by atoms with Gasteiger partial charge in [0.15, 0.2) is 0 Å². The molecule has 8 heteroatoms. The van der Waals surface area contributed by atoms with E-state index in [4.69, 9.17) is 14.2 Å². The third kappa shape index (κ3) is 8.94. The van der Waals surface area contributed by atoms with Crippen molar-refractivity contribution >= 4 is 18.0 Å². The van der Waals surface area contributed by atoms with Gasteiger partial charge in [-0.15, -0.1) is 0 Å². The first-order chi connectivity index (χ1) is 12.6. The van der Waals surface area contributed by atoms with Crippen LogP contribution in [0.5, 0.6) is 5.75 Å². The molecule has 8 nitrogen and oxygen atoms in total. The highest BCUT2D eigenvalue weighted by atomic mass is 16.6. The molecule has 0 aromatic heterocycles. The van der Waals surface area contributed by atoms with E-state index in [0.717, 1.165) is 5.56 Å². The van der Waals surface area contributed by atoms with Gasteiger partial charge in [0.25, 0.3) is 0 Å². The normalized spacial score (nSPS) is 11.9. The minimum atomic E-state index is -0.884. The fourth-order valence-electron chi connectivity index (χ4n) is 2.18. The standard InChI is InChI=1S/C19H28N2O6/c1-6-26-17(23)15(11-13-8-7-9-14(10-13)25-5)21-16(22)12-20-18(24)27-19(2,3)4/h7-10,15H,6,11-12H2,1-5H3,(H,20,24)(H,21,22). The number of hydrogen-bond acceptors (Lipinski definition) is 6. The van der Waals surface area contributed by atoms with E-state index >= 15 is 0 Å². The number of benzene rings is 1. The molecule has 0 fully saturated rings. The van der Waals surface area contributed by atoms with Crippen molar-refractivity contribution in [3.05, 3.63) is 29.8 Å². The van der Waals surface area contributed by atoms with Gasteiger partial charge in [-0.05, 0) is 45.4 Å². The summed E-state index contributed by atoms with van der Waals surface area (Å²) in [7, 11) is 1.55. The second-order valence-corrected chi connectivity index (χ2v) is 6.78.